The Morgan fingerprint density at radius 1 is 0.333 bits per heavy atom. The smallest absolute Gasteiger partial charge is 0.182 e. The normalized spacial score (nSPS) is 5.00. The van der Waals surface area contributed by atoms with Crippen molar-refractivity contribution in [3.63, 3.8) is 0 Å². The van der Waals surface area contributed by atoms with E-state index in [1.165, 1.54) is 0 Å². The SMILES string of the molecule is O=CC=O.O=CC=O.O=CC=O. The van der Waals surface area contributed by atoms with Gasteiger partial charge in [0, 0.05) is 0 Å². The van der Waals surface area contributed by atoms with Gasteiger partial charge in [-0.05, 0) is 0 Å². The first-order chi connectivity index (χ1) is 5.74. The summed E-state index contributed by atoms with van der Waals surface area (Å²) >= 11 is 0. The van der Waals surface area contributed by atoms with Crippen LogP contribution in [0.25, 0.3) is 0 Å². The molecular weight excluding hydrogens is 168 g/mol. The van der Waals surface area contributed by atoms with Crippen molar-refractivity contribution < 1.29 is 28.8 Å². The summed E-state index contributed by atoms with van der Waals surface area (Å²) in [6, 6.07) is 0. The van der Waals surface area contributed by atoms with Gasteiger partial charge in [0.1, 0.15) is 0 Å². The zero-order valence-corrected chi connectivity index (χ0v) is 5.91. The molecule has 0 aromatic carbocycles. The molecule has 0 N–H and O–H groups in total. The van der Waals surface area contributed by atoms with Gasteiger partial charge < -0.3 is 0 Å². The van der Waals surface area contributed by atoms with E-state index in [-0.39, 0.29) is 37.7 Å². The summed E-state index contributed by atoms with van der Waals surface area (Å²) in [4.78, 5) is 52.8. The van der Waals surface area contributed by atoms with E-state index >= 15 is 0 Å². The first kappa shape index (κ1) is 16.5. The molecular formula is C6H6O6. The van der Waals surface area contributed by atoms with Crippen molar-refractivity contribution in [1.82, 2.24) is 0 Å². The van der Waals surface area contributed by atoms with E-state index in [9.17, 15) is 0 Å². The van der Waals surface area contributed by atoms with Crippen LogP contribution in [0.1, 0.15) is 0 Å². The van der Waals surface area contributed by atoms with Gasteiger partial charge in [-0.15, -0.1) is 0 Å². The standard InChI is InChI=1S/3C2H2O2/c3*3-1-2-4/h3*1-2H. The van der Waals surface area contributed by atoms with Gasteiger partial charge in [-0.25, -0.2) is 0 Å². The Kier molecular flexibility index (Phi) is 49.5. The van der Waals surface area contributed by atoms with Gasteiger partial charge in [0.2, 0.25) is 0 Å². The quantitative estimate of drug-likeness (QED) is 0.367. The second kappa shape index (κ2) is 35.9. The van der Waals surface area contributed by atoms with Gasteiger partial charge in [-0.1, -0.05) is 0 Å². The third-order valence-electron chi connectivity index (χ3n) is 0.167. The summed E-state index contributed by atoms with van der Waals surface area (Å²) in [6.45, 7) is 0. The van der Waals surface area contributed by atoms with Gasteiger partial charge in [0.15, 0.2) is 37.7 Å². The highest BCUT2D eigenvalue weighted by Crippen LogP contribution is 1.12. The molecule has 0 fully saturated rings. The van der Waals surface area contributed by atoms with Crippen LogP contribution >= 0.6 is 0 Å². The summed E-state index contributed by atoms with van der Waals surface area (Å²) in [5.74, 6) is 0. The lowest BCUT2D eigenvalue weighted by Gasteiger charge is -1.31. The maximum Gasteiger partial charge on any atom is 0.182 e. The molecule has 0 spiro atoms. The van der Waals surface area contributed by atoms with Gasteiger partial charge in [-0.3, -0.25) is 28.8 Å². The molecule has 66 valence electrons. The van der Waals surface area contributed by atoms with Crippen molar-refractivity contribution in [2.45, 2.75) is 0 Å². The molecule has 6 nitrogen and oxygen atoms in total. The molecule has 0 rings (SSSR count). The van der Waals surface area contributed by atoms with Crippen LogP contribution in [0.4, 0.5) is 0 Å². The Bertz CT molecular complexity index is 104. The Morgan fingerprint density at radius 3 is 0.417 bits per heavy atom. The number of rotatable bonds is 3. The van der Waals surface area contributed by atoms with E-state index in [0.717, 1.165) is 0 Å². The molecule has 0 aliphatic carbocycles. The van der Waals surface area contributed by atoms with Crippen LogP contribution in [0.2, 0.25) is 0 Å². The molecule has 0 saturated heterocycles. The molecule has 0 bridgehead atoms. The van der Waals surface area contributed by atoms with Crippen LogP contribution in [0.15, 0.2) is 0 Å². The van der Waals surface area contributed by atoms with Crippen molar-refractivity contribution in [1.29, 1.82) is 0 Å². The monoisotopic (exact) mass is 174 g/mol. The highest BCUT2D eigenvalue weighted by molar-refractivity contribution is 6.09. The Balaban J connectivity index is -0.000000101. The number of aldehydes is 6. The van der Waals surface area contributed by atoms with Crippen LogP contribution in [-0.2, 0) is 28.8 Å². The van der Waals surface area contributed by atoms with Gasteiger partial charge >= 0.3 is 0 Å². The lowest BCUT2D eigenvalue weighted by Crippen LogP contribution is -1.62. The number of carbonyl (C=O) groups is 6. The average Bonchev–Trinajstić information content (AvgIpc) is 2.18. The van der Waals surface area contributed by atoms with E-state index in [2.05, 4.69) is 0 Å². The summed E-state index contributed by atoms with van der Waals surface area (Å²) in [7, 11) is 0. The lowest BCUT2D eigenvalue weighted by molar-refractivity contribution is -0.122. The Morgan fingerprint density at radius 2 is 0.417 bits per heavy atom. The molecule has 0 amide bonds. The van der Waals surface area contributed by atoms with Gasteiger partial charge in [0.25, 0.3) is 0 Å². The predicted octanol–water partition coefficient (Wildman–Crippen LogP) is -1.85. The third kappa shape index (κ3) is 380. The molecule has 0 saturated carbocycles. The fourth-order valence-electron chi connectivity index (χ4n) is 0. The van der Waals surface area contributed by atoms with E-state index in [4.69, 9.17) is 28.8 Å². The minimum Gasteiger partial charge on any atom is -0.295 e. The molecule has 0 atom stereocenters. The Hall–Kier alpha value is -1.98. The zero-order valence-electron chi connectivity index (χ0n) is 5.91. The topological polar surface area (TPSA) is 102 Å². The minimum atomic E-state index is 0.194. The molecule has 0 heterocycles. The van der Waals surface area contributed by atoms with Crippen LogP contribution in [0.5, 0.6) is 0 Å². The van der Waals surface area contributed by atoms with Crippen LogP contribution < -0.4 is 0 Å². The number of carbonyl (C=O) groups excluding carboxylic acids is 6. The maximum atomic E-state index is 8.81. The molecule has 0 aromatic rings. The first-order valence-electron chi connectivity index (χ1n) is 2.41. The molecule has 0 unspecified atom stereocenters. The minimum absolute atomic E-state index is 0.194. The van der Waals surface area contributed by atoms with Crippen LogP contribution in [0.3, 0.4) is 0 Å². The molecule has 0 aromatic heterocycles. The van der Waals surface area contributed by atoms with Crippen molar-refractivity contribution >= 4 is 37.7 Å². The predicted molar refractivity (Wildman–Crippen MR) is 36.4 cm³/mol. The van der Waals surface area contributed by atoms with Crippen molar-refractivity contribution in [2.24, 2.45) is 0 Å². The Labute approximate surface area is 67.5 Å². The molecule has 0 aliphatic heterocycles. The number of hydrogen-bond acceptors (Lipinski definition) is 6. The van der Waals surface area contributed by atoms with E-state index in [1.807, 2.05) is 0 Å². The zero-order chi connectivity index (χ0) is 10.2. The van der Waals surface area contributed by atoms with Crippen molar-refractivity contribution in [3.8, 4) is 0 Å². The summed E-state index contributed by atoms with van der Waals surface area (Å²) < 4.78 is 0. The third-order valence-corrected chi connectivity index (χ3v) is 0.167. The molecule has 12 heavy (non-hydrogen) atoms. The van der Waals surface area contributed by atoms with Crippen LogP contribution in [0, 0.1) is 0 Å². The maximum absolute atomic E-state index is 8.81. The highest BCUT2D eigenvalue weighted by atomic mass is 16.2. The molecule has 0 radical (unpaired) electrons. The van der Waals surface area contributed by atoms with E-state index < -0.39 is 0 Å². The fourth-order valence-corrected chi connectivity index (χ4v) is 0. The fraction of sp³-hybridized carbons (Fsp3) is 0. The van der Waals surface area contributed by atoms with Gasteiger partial charge in [0.05, 0.1) is 0 Å². The molecule has 6 heteroatoms. The highest BCUT2D eigenvalue weighted by Gasteiger charge is 1.47. The first-order valence-corrected chi connectivity index (χ1v) is 2.41. The van der Waals surface area contributed by atoms with E-state index in [0.29, 0.717) is 0 Å². The summed E-state index contributed by atoms with van der Waals surface area (Å²) in [5.41, 5.74) is 0. The summed E-state index contributed by atoms with van der Waals surface area (Å²) in [5, 5.41) is 0. The molecule has 0 aliphatic rings. The van der Waals surface area contributed by atoms with Crippen LogP contribution in [-0.4, -0.2) is 37.7 Å². The lowest BCUT2D eigenvalue weighted by atomic mass is 10.9. The number of hydrogen-bond donors (Lipinski definition) is 0. The van der Waals surface area contributed by atoms with Gasteiger partial charge in [-0.2, -0.15) is 0 Å². The van der Waals surface area contributed by atoms with E-state index in [1.54, 1.807) is 0 Å². The average molecular weight is 174 g/mol. The second-order valence-corrected chi connectivity index (χ2v) is 0.816. The second-order valence-electron chi connectivity index (χ2n) is 0.816. The summed E-state index contributed by atoms with van der Waals surface area (Å²) in [6.07, 6.45) is 1.17. The largest absolute Gasteiger partial charge is 0.295 e. The van der Waals surface area contributed by atoms with Crippen molar-refractivity contribution in [2.75, 3.05) is 0 Å². The van der Waals surface area contributed by atoms with Crippen molar-refractivity contribution in [3.05, 3.63) is 0 Å².